The minimum atomic E-state index is -0.140. The van der Waals surface area contributed by atoms with E-state index in [-0.39, 0.29) is 17.5 Å². The van der Waals surface area contributed by atoms with E-state index < -0.39 is 0 Å². The maximum atomic E-state index is 12.0. The Hall–Kier alpha value is -1.29. The predicted molar refractivity (Wildman–Crippen MR) is 74.4 cm³/mol. The van der Waals surface area contributed by atoms with Crippen LogP contribution in [0.5, 0.6) is 0 Å². The van der Waals surface area contributed by atoms with Gasteiger partial charge in [-0.05, 0) is 46.4 Å². The molecule has 0 spiro atoms. The number of aromatic nitrogens is 1. The first-order valence-corrected chi connectivity index (χ1v) is 6.53. The molecule has 102 valence electrons. The molecule has 1 unspecified atom stereocenters. The Balaban J connectivity index is 2.68. The Morgan fingerprint density at radius 3 is 2.72 bits per heavy atom. The van der Waals surface area contributed by atoms with Gasteiger partial charge in [0.1, 0.15) is 6.54 Å². The molecule has 1 atom stereocenters. The van der Waals surface area contributed by atoms with Crippen LogP contribution in [-0.2, 0) is 11.3 Å². The van der Waals surface area contributed by atoms with Crippen LogP contribution in [0.1, 0.15) is 45.9 Å². The number of carbonyl (C=O) groups excluding carboxylic acids is 1. The van der Waals surface area contributed by atoms with Gasteiger partial charge in [0.05, 0.1) is 0 Å². The maximum Gasteiger partial charge on any atom is 0.240 e. The molecule has 1 amide bonds. The molecule has 0 aromatic carbocycles. The Morgan fingerprint density at radius 1 is 1.50 bits per heavy atom. The van der Waals surface area contributed by atoms with Gasteiger partial charge in [-0.2, -0.15) is 0 Å². The molecule has 1 rings (SSSR count). The highest BCUT2D eigenvalue weighted by atomic mass is 16.2. The van der Waals surface area contributed by atoms with Gasteiger partial charge in [-0.3, -0.25) is 4.79 Å². The van der Waals surface area contributed by atoms with Crippen molar-refractivity contribution in [3.63, 3.8) is 0 Å². The summed E-state index contributed by atoms with van der Waals surface area (Å²) in [6.07, 6.45) is 2.87. The van der Waals surface area contributed by atoms with E-state index in [2.05, 4.69) is 24.5 Å². The summed E-state index contributed by atoms with van der Waals surface area (Å²) in [7, 11) is 1.92. The number of hydrogen-bond donors (Lipinski definition) is 2. The zero-order valence-electron chi connectivity index (χ0n) is 12.1. The Morgan fingerprint density at radius 2 is 2.17 bits per heavy atom. The van der Waals surface area contributed by atoms with Gasteiger partial charge in [0.15, 0.2) is 0 Å². The van der Waals surface area contributed by atoms with Crippen molar-refractivity contribution in [2.75, 3.05) is 7.05 Å². The van der Waals surface area contributed by atoms with Crippen molar-refractivity contribution in [3.8, 4) is 0 Å². The highest BCUT2D eigenvalue weighted by Gasteiger charge is 2.18. The lowest BCUT2D eigenvalue weighted by Gasteiger charge is -2.25. The van der Waals surface area contributed by atoms with Crippen LogP contribution in [0.15, 0.2) is 18.3 Å². The first-order chi connectivity index (χ1) is 8.39. The predicted octanol–water partition coefficient (Wildman–Crippen LogP) is 2.07. The molecule has 0 aliphatic heterocycles. The SMILES string of the molecule is CCC(C)(C)NC(=O)Cn1cccc1C(C)NC. The maximum absolute atomic E-state index is 12.0. The standard InChI is InChI=1S/C14H25N3O/c1-6-14(3,4)16-13(18)10-17-9-7-8-12(17)11(2)15-5/h7-9,11,15H,6,10H2,1-5H3,(H,16,18). The molecule has 1 aromatic rings. The Labute approximate surface area is 110 Å². The van der Waals surface area contributed by atoms with Crippen LogP contribution in [0.4, 0.5) is 0 Å². The number of nitrogens with zero attached hydrogens (tertiary/aromatic N) is 1. The molecule has 0 radical (unpaired) electrons. The van der Waals surface area contributed by atoms with E-state index >= 15 is 0 Å². The van der Waals surface area contributed by atoms with Crippen molar-refractivity contribution in [1.29, 1.82) is 0 Å². The summed E-state index contributed by atoms with van der Waals surface area (Å²) in [6.45, 7) is 8.61. The van der Waals surface area contributed by atoms with Gasteiger partial charge in [0.25, 0.3) is 0 Å². The summed E-state index contributed by atoms with van der Waals surface area (Å²) < 4.78 is 1.99. The number of nitrogens with one attached hydrogen (secondary N) is 2. The molecule has 4 nitrogen and oxygen atoms in total. The smallest absolute Gasteiger partial charge is 0.240 e. The van der Waals surface area contributed by atoms with Gasteiger partial charge < -0.3 is 15.2 Å². The molecular formula is C14H25N3O. The van der Waals surface area contributed by atoms with E-state index in [9.17, 15) is 4.79 Å². The third-order valence-corrected chi connectivity index (χ3v) is 3.42. The summed E-state index contributed by atoms with van der Waals surface area (Å²) >= 11 is 0. The largest absolute Gasteiger partial charge is 0.350 e. The quantitative estimate of drug-likeness (QED) is 0.813. The lowest BCUT2D eigenvalue weighted by Crippen LogP contribution is -2.44. The molecule has 0 aliphatic carbocycles. The molecule has 0 bridgehead atoms. The van der Waals surface area contributed by atoms with Crippen molar-refractivity contribution in [1.82, 2.24) is 15.2 Å². The number of rotatable bonds is 6. The first-order valence-electron chi connectivity index (χ1n) is 6.53. The fraction of sp³-hybridized carbons (Fsp3) is 0.643. The van der Waals surface area contributed by atoms with E-state index in [0.29, 0.717) is 6.54 Å². The molecule has 4 heteroatoms. The summed E-state index contributed by atoms with van der Waals surface area (Å²) in [4.78, 5) is 12.0. The third-order valence-electron chi connectivity index (χ3n) is 3.42. The topological polar surface area (TPSA) is 46.1 Å². The van der Waals surface area contributed by atoms with Gasteiger partial charge in [0.2, 0.25) is 5.91 Å². The Kier molecular flexibility index (Phi) is 4.96. The van der Waals surface area contributed by atoms with E-state index in [4.69, 9.17) is 0 Å². The second-order valence-electron chi connectivity index (χ2n) is 5.36. The van der Waals surface area contributed by atoms with E-state index in [1.165, 1.54) is 0 Å². The average Bonchev–Trinajstić information content (AvgIpc) is 2.75. The van der Waals surface area contributed by atoms with Crippen molar-refractivity contribution in [3.05, 3.63) is 24.0 Å². The van der Waals surface area contributed by atoms with Gasteiger partial charge in [0, 0.05) is 23.5 Å². The molecule has 0 saturated carbocycles. The highest BCUT2D eigenvalue weighted by Crippen LogP contribution is 2.13. The minimum absolute atomic E-state index is 0.0580. The van der Waals surface area contributed by atoms with E-state index in [1.807, 2.05) is 43.8 Å². The van der Waals surface area contributed by atoms with Crippen LogP contribution in [0.25, 0.3) is 0 Å². The average molecular weight is 251 g/mol. The van der Waals surface area contributed by atoms with Crippen molar-refractivity contribution in [2.24, 2.45) is 0 Å². The minimum Gasteiger partial charge on any atom is -0.350 e. The molecule has 0 saturated heterocycles. The van der Waals surface area contributed by atoms with Crippen LogP contribution in [0.3, 0.4) is 0 Å². The van der Waals surface area contributed by atoms with Crippen molar-refractivity contribution in [2.45, 2.75) is 52.2 Å². The van der Waals surface area contributed by atoms with Gasteiger partial charge in [-0.25, -0.2) is 0 Å². The van der Waals surface area contributed by atoms with Crippen molar-refractivity contribution < 1.29 is 4.79 Å². The van der Waals surface area contributed by atoms with E-state index in [1.54, 1.807) is 0 Å². The summed E-state index contributed by atoms with van der Waals surface area (Å²) in [5.74, 6) is 0.0580. The molecule has 1 heterocycles. The number of hydrogen-bond acceptors (Lipinski definition) is 2. The van der Waals surface area contributed by atoms with Crippen molar-refractivity contribution >= 4 is 5.91 Å². The van der Waals surface area contributed by atoms with Crippen LogP contribution in [-0.4, -0.2) is 23.1 Å². The second kappa shape index (κ2) is 6.05. The number of amides is 1. The van der Waals surface area contributed by atoms with Crippen LogP contribution in [0.2, 0.25) is 0 Å². The van der Waals surface area contributed by atoms with Gasteiger partial charge >= 0.3 is 0 Å². The van der Waals surface area contributed by atoms with Crippen LogP contribution < -0.4 is 10.6 Å². The van der Waals surface area contributed by atoms with Crippen LogP contribution >= 0.6 is 0 Å². The molecule has 2 N–H and O–H groups in total. The second-order valence-corrected chi connectivity index (χ2v) is 5.36. The number of carbonyl (C=O) groups is 1. The normalized spacial score (nSPS) is 13.4. The summed E-state index contributed by atoms with van der Waals surface area (Å²) in [5, 5.41) is 6.24. The molecule has 0 fully saturated rings. The summed E-state index contributed by atoms with van der Waals surface area (Å²) in [6, 6.07) is 4.26. The van der Waals surface area contributed by atoms with E-state index in [0.717, 1.165) is 12.1 Å². The summed E-state index contributed by atoms with van der Waals surface area (Å²) in [5.41, 5.74) is 0.987. The highest BCUT2D eigenvalue weighted by molar-refractivity contribution is 5.76. The molecule has 0 aliphatic rings. The lowest BCUT2D eigenvalue weighted by atomic mass is 10.0. The fourth-order valence-electron chi connectivity index (χ4n) is 1.77. The fourth-order valence-corrected chi connectivity index (χ4v) is 1.77. The first kappa shape index (κ1) is 14.8. The zero-order valence-corrected chi connectivity index (χ0v) is 12.1. The van der Waals surface area contributed by atoms with Gasteiger partial charge in [-0.1, -0.05) is 6.92 Å². The van der Waals surface area contributed by atoms with Crippen LogP contribution in [0, 0.1) is 0 Å². The van der Waals surface area contributed by atoms with Gasteiger partial charge in [-0.15, -0.1) is 0 Å². The third kappa shape index (κ3) is 3.88. The lowest BCUT2D eigenvalue weighted by molar-refractivity contribution is -0.123. The zero-order chi connectivity index (χ0) is 13.8. The molecule has 1 aromatic heterocycles. The monoisotopic (exact) mass is 251 g/mol. The molecule has 18 heavy (non-hydrogen) atoms. The molecular weight excluding hydrogens is 226 g/mol. The Bertz CT molecular complexity index is 395.